The molecule has 0 bridgehead atoms. The number of piperidine rings is 1. The number of aliphatic imine (C=N–C) groups is 1. The van der Waals surface area contributed by atoms with Crippen molar-refractivity contribution in [2.75, 3.05) is 46.8 Å². The lowest BCUT2D eigenvalue weighted by Gasteiger charge is -2.33. The maximum atomic E-state index is 12.2. The molecule has 7 heteroatoms. The molecule has 0 aromatic heterocycles. The van der Waals surface area contributed by atoms with Crippen molar-refractivity contribution in [2.45, 2.75) is 32.4 Å². The Hall–Kier alpha value is -0.980. The molecule has 1 aliphatic heterocycles. The molecule has 0 aromatic carbocycles. The predicted molar refractivity (Wildman–Crippen MR) is 79.5 cm³/mol. The first kappa shape index (κ1) is 18.1. The van der Waals surface area contributed by atoms with Crippen LogP contribution in [0.1, 0.15) is 26.2 Å². The molecule has 0 unspecified atom stereocenters. The van der Waals surface area contributed by atoms with Gasteiger partial charge in [-0.25, -0.2) is 0 Å². The second-order valence-electron chi connectivity index (χ2n) is 5.85. The first-order chi connectivity index (χ1) is 9.81. The molecular formula is C14H27F3N4. The third-order valence-corrected chi connectivity index (χ3v) is 3.74. The molecule has 0 saturated carbocycles. The lowest BCUT2D eigenvalue weighted by molar-refractivity contribution is -0.143. The Balaban J connectivity index is 2.21. The summed E-state index contributed by atoms with van der Waals surface area (Å²) in [7, 11) is 3.24. The van der Waals surface area contributed by atoms with E-state index in [2.05, 4.69) is 22.1 Å². The van der Waals surface area contributed by atoms with Crippen LogP contribution in [0.25, 0.3) is 0 Å². The van der Waals surface area contributed by atoms with Gasteiger partial charge in [-0.15, -0.1) is 0 Å². The summed E-state index contributed by atoms with van der Waals surface area (Å²) in [4.78, 5) is 7.77. The van der Waals surface area contributed by atoms with E-state index in [-0.39, 0.29) is 0 Å². The molecule has 1 N–H and O–H groups in total. The maximum Gasteiger partial charge on any atom is 0.401 e. The van der Waals surface area contributed by atoms with Crippen LogP contribution in [0.5, 0.6) is 0 Å². The van der Waals surface area contributed by atoms with Gasteiger partial charge in [0.1, 0.15) is 0 Å². The van der Waals surface area contributed by atoms with Crippen molar-refractivity contribution in [1.29, 1.82) is 0 Å². The Morgan fingerprint density at radius 2 is 1.95 bits per heavy atom. The van der Waals surface area contributed by atoms with E-state index in [0.717, 1.165) is 37.8 Å². The summed E-state index contributed by atoms with van der Waals surface area (Å²) in [6.07, 6.45) is -1.14. The first-order valence-corrected chi connectivity index (χ1v) is 7.52. The molecule has 0 spiro atoms. The highest BCUT2D eigenvalue weighted by Crippen LogP contribution is 2.16. The van der Waals surface area contributed by atoms with Crippen molar-refractivity contribution in [1.82, 2.24) is 15.1 Å². The fourth-order valence-corrected chi connectivity index (χ4v) is 2.49. The number of halogens is 3. The zero-order valence-electron chi connectivity index (χ0n) is 13.2. The standard InChI is InChI=1S/C14H27F3N4/c1-12-5-9-21(10-6-12)13(18-2)19-7-4-8-20(3)11-14(15,16)17/h12H,4-11H2,1-3H3,(H,18,19). The van der Waals surface area contributed by atoms with Gasteiger partial charge in [0.25, 0.3) is 0 Å². The van der Waals surface area contributed by atoms with Gasteiger partial charge in [-0.05, 0) is 38.8 Å². The highest BCUT2D eigenvalue weighted by atomic mass is 19.4. The molecule has 1 aliphatic rings. The fourth-order valence-electron chi connectivity index (χ4n) is 2.49. The lowest BCUT2D eigenvalue weighted by atomic mass is 10.00. The van der Waals surface area contributed by atoms with Crippen molar-refractivity contribution in [3.05, 3.63) is 0 Å². The van der Waals surface area contributed by atoms with Gasteiger partial charge in [0.05, 0.1) is 6.54 Å². The summed E-state index contributed by atoms with van der Waals surface area (Å²) >= 11 is 0. The van der Waals surface area contributed by atoms with Crippen molar-refractivity contribution in [3.8, 4) is 0 Å². The van der Waals surface area contributed by atoms with Crippen LogP contribution >= 0.6 is 0 Å². The monoisotopic (exact) mass is 308 g/mol. The van der Waals surface area contributed by atoms with Crippen LogP contribution in [0.4, 0.5) is 13.2 Å². The van der Waals surface area contributed by atoms with E-state index in [1.54, 1.807) is 7.05 Å². The van der Waals surface area contributed by atoms with Gasteiger partial charge < -0.3 is 10.2 Å². The quantitative estimate of drug-likeness (QED) is 0.480. The van der Waals surface area contributed by atoms with Gasteiger partial charge in [0.15, 0.2) is 5.96 Å². The van der Waals surface area contributed by atoms with Crippen molar-refractivity contribution in [3.63, 3.8) is 0 Å². The Morgan fingerprint density at radius 3 is 2.48 bits per heavy atom. The molecule has 1 fully saturated rings. The summed E-state index contributed by atoms with van der Waals surface area (Å²) < 4.78 is 36.6. The average Bonchev–Trinajstić information content (AvgIpc) is 2.38. The molecule has 0 aliphatic carbocycles. The number of alkyl halides is 3. The van der Waals surface area contributed by atoms with Crippen molar-refractivity contribution in [2.24, 2.45) is 10.9 Å². The summed E-state index contributed by atoms with van der Waals surface area (Å²) in [6.45, 7) is 4.45. The van der Waals surface area contributed by atoms with E-state index in [4.69, 9.17) is 0 Å². The van der Waals surface area contributed by atoms with Gasteiger partial charge in [-0.1, -0.05) is 6.92 Å². The molecule has 0 atom stereocenters. The number of rotatable bonds is 5. The largest absolute Gasteiger partial charge is 0.401 e. The minimum atomic E-state index is -4.12. The normalized spacial score (nSPS) is 18.4. The van der Waals surface area contributed by atoms with Crippen LogP contribution in [0.2, 0.25) is 0 Å². The van der Waals surface area contributed by atoms with Gasteiger partial charge in [-0.3, -0.25) is 9.89 Å². The number of hydrogen-bond donors (Lipinski definition) is 1. The second-order valence-corrected chi connectivity index (χ2v) is 5.85. The number of guanidine groups is 1. The van der Waals surface area contributed by atoms with Crippen LogP contribution in [0, 0.1) is 5.92 Å². The van der Waals surface area contributed by atoms with Crippen LogP contribution in [-0.4, -0.2) is 68.8 Å². The maximum absolute atomic E-state index is 12.2. The molecule has 0 aromatic rings. The molecule has 124 valence electrons. The Kier molecular flexibility index (Phi) is 7.28. The van der Waals surface area contributed by atoms with E-state index in [1.807, 2.05) is 0 Å². The number of hydrogen-bond acceptors (Lipinski definition) is 2. The van der Waals surface area contributed by atoms with Crippen molar-refractivity contribution < 1.29 is 13.2 Å². The van der Waals surface area contributed by atoms with Gasteiger partial charge >= 0.3 is 6.18 Å². The van der Waals surface area contributed by atoms with Crippen LogP contribution in [0.3, 0.4) is 0 Å². The predicted octanol–water partition coefficient (Wildman–Crippen LogP) is 2.18. The molecule has 1 heterocycles. The Labute approximate surface area is 125 Å². The Bertz CT molecular complexity index is 323. The molecule has 21 heavy (non-hydrogen) atoms. The smallest absolute Gasteiger partial charge is 0.356 e. The zero-order chi connectivity index (χ0) is 15.9. The molecule has 0 amide bonds. The van der Waals surface area contributed by atoms with Gasteiger partial charge in [0, 0.05) is 26.7 Å². The minimum Gasteiger partial charge on any atom is -0.356 e. The average molecular weight is 308 g/mol. The molecule has 1 saturated heterocycles. The van der Waals surface area contributed by atoms with E-state index in [1.165, 1.54) is 11.9 Å². The molecule has 0 radical (unpaired) electrons. The first-order valence-electron chi connectivity index (χ1n) is 7.52. The highest BCUT2D eigenvalue weighted by Gasteiger charge is 2.28. The third-order valence-electron chi connectivity index (χ3n) is 3.74. The van der Waals surface area contributed by atoms with Gasteiger partial charge in [-0.2, -0.15) is 13.2 Å². The SMILES string of the molecule is CN=C(NCCCN(C)CC(F)(F)F)N1CCC(C)CC1. The highest BCUT2D eigenvalue weighted by molar-refractivity contribution is 5.79. The summed E-state index contributed by atoms with van der Waals surface area (Å²) in [5.74, 6) is 1.62. The third kappa shape index (κ3) is 7.55. The zero-order valence-corrected chi connectivity index (χ0v) is 13.2. The molecular weight excluding hydrogens is 281 g/mol. The number of nitrogens with one attached hydrogen (secondary N) is 1. The van der Waals surface area contributed by atoms with Crippen LogP contribution in [0.15, 0.2) is 4.99 Å². The van der Waals surface area contributed by atoms with Crippen molar-refractivity contribution >= 4 is 5.96 Å². The summed E-state index contributed by atoms with van der Waals surface area (Å²) in [6, 6.07) is 0. The van der Waals surface area contributed by atoms with E-state index < -0.39 is 12.7 Å². The lowest BCUT2D eigenvalue weighted by Crippen LogP contribution is -2.46. The minimum absolute atomic E-state index is 0.417. The Morgan fingerprint density at radius 1 is 1.33 bits per heavy atom. The molecule has 1 rings (SSSR count). The van der Waals surface area contributed by atoms with Crippen LogP contribution < -0.4 is 5.32 Å². The van der Waals surface area contributed by atoms with E-state index in [0.29, 0.717) is 19.5 Å². The summed E-state index contributed by atoms with van der Waals surface area (Å²) in [5.41, 5.74) is 0. The molecule has 4 nitrogen and oxygen atoms in total. The van der Waals surface area contributed by atoms with Crippen LogP contribution in [-0.2, 0) is 0 Å². The van der Waals surface area contributed by atoms with Gasteiger partial charge in [0.2, 0.25) is 0 Å². The fraction of sp³-hybridized carbons (Fsp3) is 0.929. The van der Waals surface area contributed by atoms with E-state index in [9.17, 15) is 13.2 Å². The topological polar surface area (TPSA) is 30.9 Å². The summed E-state index contributed by atoms with van der Waals surface area (Å²) in [5, 5.41) is 3.24. The number of likely N-dealkylation sites (tertiary alicyclic amines) is 1. The van der Waals surface area contributed by atoms with E-state index >= 15 is 0 Å². The number of nitrogens with zero attached hydrogens (tertiary/aromatic N) is 3. The second kappa shape index (κ2) is 8.46.